The minimum absolute atomic E-state index is 0.0381. The Bertz CT molecular complexity index is 1490. The maximum absolute atomic E-state index is 12.9. The number of imidazole rings is 1. The van der Waals surface area contributed by atoms with Crippen molar-refractivity contribution in [2.24, 2.45) is 5.92 Å². The number of carbonyl (C=O) groups excluding carboxylic acids is 3. The van der Waals surface area contributed by atoms with Crippen molar-refractivity contribution in [1.82, 2.24) is 19.2 Å². The third-order valence-electron chi connectivity index (χ3n) is 7.18. The molecule has 5 rings (SSSR count). The van der Waals surface area contributed by atoms with Crippen molar-refractivity contribution in [1.29, 1.82) is 0 Å². The normalized spacial score (nSPS) is 19.4. The Morgan fingerprint density at radius 1 is 0.907 bits per heavy atom. The number of likely N-dealkylation sites (tertiary alicyclic amines) is 1. The second-order valence-corrected chi connectivity index (χ2v) is 14.4. The van der Waals surface area contributed by atoms with E-state index in [0.717, 1.165) is 40.8 Å². The quantitative estimate of drug-likeness (QED) is 0.303. The van der Waals surface area contributed by atoms with Crippen molar-refractivity contribution in [2.45, 2.75) is 77.3 Å². The SMILES string of the molecule is CC(C)(C)OC(=O)N1CCC(C(=O)Nc2ccc(-c3ccc4nc([C@@H]5CCCN(C(=O)OC(C)(C)C)S5)[nH]c4c3)cc2)C1. The molecule has 43 heavy (non-hydrogen) atoms. The maximum atomic E-state index is 12.9. The molecule has 0 aliphatic carbocycles. The molecule has 11 heteroatoms. The molecule has 2 N–H and O–H groups in total. The first kappa shape index (κ1) is 30.7. The Kier molecular flexibility index (Phi) is 8.65. The van der Waals surface area contributed by atoms with Gasteiger partial charge in [-0.2, -0.15) is 0 Å². The lowest BCUT2D eigenvalue weighted by Crippen LogP contribution is -2.36. The van der Waals surface area contributed by atoms with Gasteiger partial charge in [0, 0.05) is 25.3 Å². The molecule has 0 radical (unpaired) electrons. The van der Waals surface area contributed by atoms with Crippen LogP contribution in [0.1, 0.15) is 71.9 Å². The van der Waals surface area contributed by atoms with Crippen molar-refractivity contribution >= 4 is 46.8 Å². The molecule has 10 nitrogen and oxygen atoms in total. The number of benzene rings is 2. The van der Waals surface area contributed by atoms with E-state index in [4.69, 9.17) is 14.5 Å². The Morgan fingerprint density at radius 3 is 2.28 bits per heavy atom. The molecule has 230 valence electrons. The van der Waals surface area contributed by atoms with E-state index in [2.05, 4.69) is 16.4 Å². The van der Waals surface area contributed by atoms with Crippen LogP contribution >= 0.6 is 11.9 Å². The Hall–Kier alpha value is -3.73. The highest BCUT2D eigenvalue weighted by molar-refractivity contribution is 7.97. The van der Waals surface area contributed by atoms with Gasteiger partial charge in [0.2, 0.25) is 5.91 Å². The minimum Gasteiger partial charge on any atom is -0.444 e. The molecular formula is C32H41N5O5S. The van der Waals surface area contributed by atoms with E-state index in [9.17, 15) is 14.4 Å². The number of ether oxygens (including phenoxy) is 2. The summed E-state index contributed by atoms with van der Waals surface area (Å²) in [5, 5.41) is 3.03. The molecule has 1 unspecified atom stereocenters. The largest absolute Gasteiger partial charge is 0.444 e. The van der Waals surface area contributed by atoms with Crippen LogP contribution in [0.2, 0.25) is 0 Å². The molecule has 1 aromatic heterocycles. The van der Waals surface area contributed by atoms with Gasteiger partial charge in [-0.3, -0.25) is 9.10 Å². The Morgan fingerprint density at radius 2 is 1.58 bits per heavy atom. The van der Waals surface area contributed by atoms with Crippen LogP contribution in [0.3, 0.4) is 0 Å². The van der Waals surface area contributed by atoms with Crippen molar-refractivity contribution in [3.8, 4) is 11.1 Å². The van der Waals surface area contributed by atoms with Crippen molar-refractivity contribution in [3.63, 3.8) is 0 Å². The second kappa shape index (κ2) is 12.1. The predicted octanol–water partition coefficient (Wildman–Crippen LogP) is 7.15. The summed E-state index contributed by atoms with van der Waals surface area (Å²) in [7, 11) is 0. The fourth-order valence-corrected chi connectivity index (χ4v) is 6.28. The molecule has 2 fully saturated rings. The number of H-pyrrole nitrogens is 1. The molecule has 2 aliphatic heterocycles. The molecule has 3 amide bonds. The Labute approximate surface area is 257 Å². The summed E-state index contributed by atoms with van der Waals surface area (Å²) < 4.78 is 12.7. The van der Waals surface area contributed by atoms with Gasteiger partial charge in [0.1, 0.15) is 17.0 Å². The topological polar surface area (TPSA) is 117 Å². The van der Waals surface area contributed by atoms with Crippen LogP contribution in [0.5, 0.6) is 0 Å². The molecule has 2 aliphatic rings. The third-order valence-corrected chi connectivity index (χ3v) is 8.48. The molecule has 2 aromatic carbocycles. The summed E-state index contributed by atoms with van der Waals surface area (Å²) in [4.78, 5) is 47.7. The number of hydrogen-bond acceptors (Lipinski definition) is 7. The number of amides is 3. The summed E-state index contributed by atoms with van der Waals surface area (Å²) in [6.45, 7) is 12.6. The zero-order valence-corrected chi connectivity index (χ0v) is 26.5. The van der Waals surface area contributed by atoms with Crippen LogP contribution in [0.15, 0.2) is 42.5 Å². The highest BCUT2D eigenvalue weighted by Crippen LogP contribution is 2.40. The monoisotopic (exact) mass is 607 g/mol. The predicted molar refractivity (Wildman–Crippen MR) is 169 cm³/mol. The van der Waals surface area contributed by atoms with E-state index in [1.165, 1.54) is 11.9 Å². The molecular weight excluding hydrogens is 566 g/mol. The van der Waals surface area contributed by atoms with E-state index >= 15 is 0 Å². The summed E-state index contributed by atoms with van der Waals surface area (Å²) in [5.74, 6) is 0.472. The molecule has 0 spiro atoms. The van der Waals surface area contributed by atoms with Gasteiger partial charge in [0.15, 0.2) is 0 Å². The van der Waals surface area contributed by atoms with Crippen molar-refractivity contribution in [2.75, 3.05) is 25.0 Å². The lowest BCUT2D eigenvalue weighted by Gasteiger charge is -2.32. The molecule has 2 atom stereocenters. The van der Waals surface area contributed by atoms with Gasteiger partial charge in [-0.25, -0.2) is 14.6 Å². The van der Waals surface area contributed by atoms with Gasteiger partial charge in [-0.05, 0) is 108 Å². The van der Waals surface area contributed by atoms with Gasteiger partial charge < -0.3 is 24.7 Å². The summed E-state index contributed by atoms with van der Waals surface area (Å²) in [6.07, 6.45) is 1.71. The molecule has 0 bridgehead atoms. The zero-order chi connectivity index (χ0) is 30.9. The number of carbonyl (C=O) groups is 3. The van der Waals surface area contributed by atoms with E-state index in [0.29, 0.717) is 31.7 Å². The smallest absolute Gasteiger partial charge is 0.420 e. The average molecular weight is 608 g/mol. The number of rotatable bonds is 4. The number of aromatic amines is 1. The number of aromatic nitrogens is 2. The summed E-state index contributed by atoms with van der Waals surface area (Å²) >= 11 is 1.47. The lowest BCUT2D eigenvalue weighted by atomic mass is 10.0. The summed E-state index contributed by atoms with van der Waals surface area (Å²) in [5.41, 5.74) is 3.43. The minimum atomic E-state index is -0.566. The summed E-state index contributed by atoms with van der Waals surface area (Å²) in [6, 6.07) is 13.8. The van der Waals surface area contributed by atoms with Crippen LogP contribution in [0.4, 0.5) is 15.3 Å². The first-order chi connectivity index (χ1) is 20.2. The van der Waals surface area contributed by atoms with Crippen molar-refractivity contribution in [3.05, 3.63) is 48.3 Å². The molecule has 3 heterocycles. The molecule has 3 aromatic rings. The van der Waals surface area contributed by atoms with E-state index in [-0.39, 0.29) is 29.3 Å². The van der Waals surface area contributed by atoms with E-state index < -0.39 is 11.2 Å². The number of nitrogens with one attached hydrogen (secondary N) is 2. The van der Waals surface area contributed by atoms with E-state index in [1.54, 1.807) is 9.21 Å². The van der Waals surface area contributed by atoms with Crippen LogP contribution in [0, 0.1) is 5.92 Å². The number of fused-ring (bicyclic) bond motifs is 1. The average Bonchev–Trinajstić information content (AvgIpc) is 3.59. The van der Waals surface area contributed by atoms with Crippen molar-refractivity contribution < 1.29 is 23.9 Å². The second-order valence-electron chi connectivity index (χ2n) is 13.2. The number of anilines is 1. The first-order valence-corrected chi connectivity index (χ1v) is 15.6. The highest BCUT2D eigenvalue weighted by Gasteiger charge is 2.34. The number of hydrogen-bond donors (Lipinski definition) is 2. The van der Waals surface area contributed by atoms with E-state index in [1.807, 2.05) is 77.9 Å². The molecule has 2 saturated heterocycles. The fourth-order valence-electron chi connectivity index (χ4n) is 5.13. The fraction of sp³-hybridized carbons (Fsp3) is 0.500. The maximum Gasteiger partial charge on any atom is 0.420 e. The lowest BCUT2D eigenvalue weighted by molar-refractivity contribution is -0.119. The van der Waals surface area contributed by atoms with Gasteiger partial charge in [-0.15, -0.1) is 0 Å². The van der Waals surface area contributed by atoms with Gasteiger partial charge in [-0.1, -0.05) is 18.2 Å². The molecule has 0 saturated carbocycles. The standard InChI is InChI=1S/C32H41N5O5S/c1-31(2,3)41-29(39)36-17-15-22(19-36)28(38)33-23-12-9-20(10-13-23)21-11-14-24-25(18-21)35-27(34-24)26-8-7-16-37(43-26)30(40)42-32(4,5)6/h9-14,18,22,26H,7-8,15-17,19H2,1-6H3,(H,33,38)(H,34,35)/t22?,26-/m0/s1. The Balaban J connectivity index is 1.20. The number of nitrogens with zero attached hydrogens (tertiary/aromatic N) is 3. The zero-order valence-electron chi connectivity index (χ0n) is 25.7. The first-order valence-electron chi connectivity index (χ1n) is 14.8. The van der Waals surface area contributed by atoms with Crippen LogP contribution in [-0.4, -0.2) is 68.1 Å². The van der Waals surface area contributed by atoms with Gasteiger partial charge in [0.05, 0.1) is 22.2 Å². The van der Waals surface area contributed by atoms with Gasteiger partial charge >= 0.3 is 12.2 Å². The third kappa shape index (κ3) is 7.81. The van der Waals surface area contributed by atoms with Gasteiger partial charge in [0.25, 0.3) is 0 Å². The van der Waals surface area contributed by atoms with Crippen LogP contribution in [-0.2, 0) is 14.3 Å². The van der Waals surface area contributed by atoms with Crippen LogP contribution in [0.25, 0.3) is 22.2 Å². The van der Waals surface area contributed by atoms with Crippen LogP contribution < -0.4 is 5.32 Å². The highest BCUT2D eigenvalue weighted by atomic mass is 32.2.